The van der Waals surface area contributed by atoms with E-state index in [2.05, 4.69) is 130 Å². The molecule has 0 bridgehead atoms. The summed E-state index contributed by atoms with van der Waals surface area (Å²) >= 11 is 0. The van der Waals surface area contributed by atoms with E-state index in [4.69, 9.17) is 4.98 Å². The largest absolute Gasteiger partial charge is 0.316 e. The molecule has 3 heteroatoms. The zero-order valence-electron chi connectivity index (χ0n) is 21.8. The van der Waals surface area contributed by atoms with Gasteiger partial charge in [0.2, 0.25) is 0 Å². The van der Waals surface area contributed by atoms with Crippen molar-refractivity contribution in [2.45, 2.75) is 46.2 Å². The van der Waals surface area contributed by atoms with Gasteiger partial charge in [-0.15, -0.1) is 6.58 Å². The van der Waals surface area contributed by atoms with Crippen molar-refractivity contribution in [1.29, 1.82) is 0 Å². The predicted molar refractivity (Wildman–Crippen MR) is 151 cm³/mol. The van der Waals surface area contributed by atoms with Crippen LogP contribution in [-0.4, -0.2) is 11.1 Å². The standard InChI is InChI=1S/C33H33N3/c1-7-33(6)26-19-18-24(29-22(2)13-11-14-23(29)3)21-28(26)36-30-27(17-12-20-34-30)35(31(36)32(33,4)5)25-15-9-8-10-16-25/h7-21,31H,1H2,2-6H3. The van der Waals surface area contributed by atoms with Crippen molar-refractivity contribution in [3.8, 4) is 11.1 Å². The van der Waals surface area contributed by atoms with Crippen LogP contribution in [0.25, 0.3) is 11.1 Å². The number of allylic oxidation sites excluding steroid dienone is 1. The van der Waals surface area contributed by atoms with Gasteiger partial charge in [-0.1, -0.05) is 75.4 Å². The van der Waals surface area contributed by atoms with E-state index in [9.17, 15) is 0 Å². The van der Waals surface area contributed by atoms with E-state index in [0.717, 1.165) is 11.5 Å². The first-order valence-corrected chi connectivity index (χ1v) is 12.7. The summed E-state index contributed by atoms with van der Waals surface area (Å²) in [6.07, 6.45) is 4.10. The summed E-state index contributed by atoms with van der Waals surface area (Å²) in [6.45, 7) is 15.9. The van der Waals surface area contributed by atoms with E-state index in [-0.39, 0.29) is 17.0 Å². The molecule has 0 radical (unpaired) electrons. The van der Waals surface area contributed by atoms with Gasteiger partial charge in [-0.05, 0) is 72.0 Å². The third-order valence-electron chi connectivity index (χ3n) is 8.76. The fraction of sp³-hybridized carbons (Fsp3) is 0.242. The quantitative estimate of drug-likeness (QED) is 0.279. The van der Waals surface area contributed by atoms with Crippen LogP contribution in [0.1, 0.15) is 37.5 Å². The Hall–Kier alpha value is -3.85. The molecular weight excluding hydrogens is 438 g/mol. The molecule has 2 atom stereocenters. The third kappa shape index (κ3) is 2.89. The van der Waals surface area contributed by atoms with Gasteiger partial charge in [0.1, 0.15) is 6.17 Å². The van der Waals surface area contributed by atoms with Crippen LogP contribution in [0.2, 0.25) is 0 Å². The van der Waals surface area contributed by atoms with Crippen molar-refractivity contribution in [3.63, 3.8) is 0 Å². The van der Waals surface area contributed by atoms with E-state index in [0.29, 0.717) is 0 Å². The molecule has 0 saturated heterocycles. The number of aryl methyl sites for hydroxylation is 2. The van der Waals surface area contributed by atoms with Crippen LogP contribution in [0.3, 0.4) is 0 Å². The molecule has 4 aromatic rings. The Morgan fingerprint density at radius 3 is 2.22 bits per heavy atom. The maximum absolute atomic E-state index is 4.95. The average molecular weight is 472 g/mol. The molecule has 2 unspecified atom stereocenters. The first-order valence-electron chi connectivity index (χ1n) is 12.7. The number of fused-ring (bicyclic) bond motifs is 5. The van der Waals surface area contributed by atoms with E-state index in [1.807, 2.05) is 12.3 Å². The van der Waals surface area contributed by atoms with Gasteiger partial charge in [0.15, 0.2) is 5.82 Å². The number of hydrogen-bond donors (Lipinski definition) is 0. The molecule has 0 amide bonds. The van der Waals surface area contributed by atoms with Crippen LogP contribution >= 0.6 is 0 Å². The lowest BCUT2D eigenvalue weighted by Crippen LogP contribution is -2.60. The third-order valence-corrected chi connectivity index (χ3v) is 8.76. The van der Waals surface area contributed by atoms with Gasteiger partial charge in [-0.2, -0.15) is 0 Å². The molecule has 0 fully saturated rings. The van der Waals surface area contributed by atoms with Gasteiger partial charge in [-0.25, -0.2) is 4.98 Å². The fourth-order valence-corrected chi connectivity index (χ4v) is 6.47. The van der Waals surface area contributed by atoms with E-state index >= 15 is 0 Å². The molecule has 36 heavy (non-hydrogen) atoms. The minimum absolute atomic E-state index is 0.0357. The molecule has 1 aromatic heterocycles. The maximum atomic E-state index is 4.95. The van der Waals surface area contributed by atoms with Crippen molar-refractivity contribution >= 4 is 22.9 Å². The Morgan fingerprint density at radius 1 is 0.806 bits per heavy atom. The molecule has 6 rings (SSSR count). The SMILES string of the molecule is C=CC1(C)c2ccc(-c3c(C)cccc3C)cc2N2c3ncccc3N(c3ccccc3)C2C1(C)C. The zero-order chi connectivity index (χ0) is 25.2. The summed E-state index contributed by atoms with van der Waals surface area (Å²) in [5.74, 6) is 1.01. The van der Waals surface area contributed by atoms with Crippen LogP contribution in [0.4, 0.5) is 22.9 Å². The Morgan fingerprint density at radius 2 is 1.53 bits per heavy atom. The van der Waals surface area contributed by atoms with Crippen LogP contribution in [-0.2, 0) is 5.41 Å². The molecular formula is C33H33N3. The lowest BCUT2D eigenvalue weighted by molar-refractivity contribution is 0.171. The van der Waals surface area contributed by atoms with Crippen LogP contribution in [0.15, 0.2) is 97.7 Å². The molecule has 180 valence electrons. The summed E-state index contributed by atoms with van der Waals surface area (Å²) in [5.41, 5.74) is 9.51. The Labute approximate surface area is 214 Å². The summed E-state index contributed by atoms with van der Waals surface area (Å²) in [4.78, 5) is 9.90. The average Bonchev–Trinajstić information content (AvgIpc) is 3.24. The number of para-hydroxylation sites is 1. The second-order valence-electron chi connectivity index (χ2n) is 10.9. The number of benzene rings is 3. The summed E-state index contributed by atoms with van der Waals surface area (Å²) in [5, 5.41) is 0. The van der Waals surface area contributed by atoms with E-state index in [1.165, 1.54) is 39.2 Å². The molecule has 3 nitrogen and oxygen atoms in total. The lowest BCUT2D eigenvalue weighted by Gasteiger charge is -2.56. The van der Waals surface area contributed by atoms with Gasteiger partial charge < -0.3 is 9.80 Å². The summed E-state index contributed by atoms with van der Waals surface area (Å²) in [7, 11) is 0. The number of nitrogens with zero attached hydrogens (tertiary/aromatic N) is 3. The van der Waals surface area contributed by atoms with Crippen molar-refractivity contribution in [1.82, 2.24) is 4.98 Å². The molecule has 0 spiro atoms. The lowest BCUT2D eigenvalue weighted by atomic mass is 9.58. The fourth-order valence-electron chi connectivity index (χ4n) is 6.47. The van der Waals surface area contributed by atoms with Crippen LogP contribution in [0.5, 0.6) is 0 Å². The molecule has 2 aliphatic heterocycles. The number of hydrogen-bond acceptors (Lipinski definition) is 3. The second-order valence-corrected chi connectivity index (χ2v) is 10.9. The van der Waals surface area contributed by atoms with Gasteiger partial charge in [0.25, 0.3) is 0 Å². The Kier molecular flexibility index (Phi) is 4.91. The molecule has 3 heterocycles. The maximum Gasteiger partial charge on any atom is 0.158 e. The highest BCUT2D eigenvalue weighted by molar-refractivity contribution is 5.90. The second kappa shape index (κ2) is 7.83. The minimum Gasteiger partial charge on any atom is -0.316 e. The molecule has 0 N–H and O–H groups in total. The van der Waals surface area contributed by atoms with Crippen LogP contribution in [0, 0.1) is 19.3 Å². The Balaban J connectivity index is 1.67. The first kappa shape index (κ1) is 22.6. The molecule has 0 aliphatic carbocycles. The van der Waals surface area contributed by atoms with Crippen molar-refractivity contribution < 1.29 is 0 Å². The smallest absolute Gasteiger partial charge is 0.158 e. The van der Waals surface area contributed by atoms with Crippen molar-refractivity contribution in [2.75, 3.05) is 9.80 Å². The molecule has 2 aliphatic rings. The van der Waals surface area contributed by atoms with Gasteiger partial charge in [0.05, 0.1) is 5.69 Å². The highest BCUT2D eigenvalue weighted by Gasteiger charge is 2.59. The monoisotopic (exact) mass is 471 g/mol. The predicted octanol–water partition coefficient (Wildman–Crippen LogP) is 8.46. The number of rotatable bonds is 3. The Bertz CT molecular complexity index is 1470. The molecule has 3 aromatic carbocycles. The van der Waals surface area contributed by atoms with Gasteiger partial charge >= 0.3 is 0 Å². The van der Waals surface area contributed by atoms with Crippen molar-refractivity contribution in [3.05, 3.63) is 114 Å². The zero-order valence-corrected chi connectivity index (χ0v) is 21.8. The highest BCUT2D eigenvalue weighted by atomic mass is 15.5. The topological polar surface area (TPSA) is 19.4 Å². The van der Waals surface area contributed by atoms with Crippen molar-refractivity contribution in [2.24, 2.45) is 5.41 Å². The van der Waals surface area contributed by atoms with Crippen LogP contribution < -0.4 is 9.80 Å². The molecule has 0 saturated carbocycles. The first-order chi connectivity index (χ1) is 17.3. The summed E-state index contributed by atoms with van der Waals surface area (Å²) < 4.78 is 0. The number of anilines is 4. The van der Waals surface area contributed by atoms with E-state index < -0.39 is 0 Å². The minimum atomic E-state index is -0.252. The van der Waals surface area contributed by atoms with E-state index in [1.54, 1.807) is 0 Å². The number of aromatic nitrogens is 1. The van der Waals surface area contributed by atoms with Gasteiger partial charge in [-0.3, -0.25) is 0 Å². The normalized spacial score (nSPS) is 21.5. The number of pyridine rings is 1. The van der Waals surface area contributed by atoms with Gasteiger partial charge in [0, 0.05) is 28.4 Å². The highest BCUT2D eigenvalue weighted by Crippen LogP contribution is 2.62. The summed E-state index contributed by atoms with van der Waals surface area (Å²) in [6, 6.07) is 28.5.